The number of nitrogens with zero attached hydrogens (tertiary/aromatic N) is 4. The molecule has 256 valence electrons. The summed E-state index contributed by atoms with van der Waals surface area (Å²) in [6.07, 6.45) is 3.28. The van der Waals surface area contributed by atoms with Crippen LogP contribution in [0.2, 0.25) is 0 Å². The van der Waals surface area contributed by atoms with Crippen molar-refractivity contribution in [2.75, 3.05) is 0 Å². The van der Waals surface area contributed by atoms with Gasteiger partial charge in [-0.2, -0.15) is 0 Å². The van der Waals surface area contributed by atoms with Crippen molar-refractivity contribution in [2.45, 2.75) is 0 Å². The highest BCUT2D eigenvalue weighted by Crippen LogP contribution is 2.41. The second-order valence-corrected chi connectivity index (χ2v) is 13.1. The molecule has 0 aliphatic heterocycles. The third-order valence-corrected chi connectivity index (χ3v) is 9.90. The lowest BCUT2D eigenvalue weighted by Gasteiger charge is -2.15. The fourth-order valence-electron chi connectivity index (χ4n) is 7.48. The minimum atomic E-state index is 0.686. The van der Waals surface area contributed by atoms with E-state index in [4.69, 9.17) is 9.97 Å². The summed E-state index contributed by atoms with van der Waals surface area (Å²) in [5.74, 6) is 0.686. The highest BCUT2D eigenvalue weighted by Gasteiger charge is 2.21. The van der Waals surface area contributed by atoms with E-state index in [9.17, 15) is 0 Å². The van der Waals surface area contributed by atoms with E-state index < -0.39 is 0 Å². The van der Waals surface area contributed by atoms with Gasteiger partial charge in [0.2, 0.25) is 0 Å². The van der Waals surface area contributed by atoms with Crippen LogP contribution in [0.5, 0.6) is 0 Å². The number of hydrogen-bond acceptors (Lipinski definition) is 2. The molecule has 4 heteroatoms. The first-order valence-corrected chi connectivity index (χ1v) is 18.1. The molecule has 4 nitrogen and oxygen atoms in total. The number of aromatic nitrogens is 4. The molecule has 0 saturated heterocycles. The topological polar surface area (TPSA) is 35.6 Å². The van der Waals surface area contributed by atoms with E-state index in [-0.39, 0.29) is 0 Å². The molecule has 0 atom stereocenters. The van der Waals surface area contributed by atoms with E-state index in [1.165, 1.54) is 32.6 Å². The molecule has 10 aromatic rings. The standard InChI is InChI=1S/C46H30N4.C4H6/c1-4-16-31(17-5-1)39-29-40(32-18-6-2-7-19-32)48-46(47-39)36-24-12-15-27-43(36)50-42-26-14-11-23-35(42)38-28-37-34-22-10-13-25-41(34)49(44(37)30-45(38)50)33-20-8-3-9-21-33;1-3-4-2/h1-30H;3-4H,1-2H2. The molecular weight excluding hydrogens is 657 g/mol. The zero-order valence-corrected chi connectivity index (χ0v) is 29.7. The van der Waals surface area contributed by atoms with Crippen LogP contribution in [-0.4, -0.2) is 19.1 Å². The second-order valence-electron chi connectivity index (χ2n) is 13.1. The van der Waals surface area contributed by atoms with Crippen molar-refractivity contribution in [1.82, 2.24) is 19.1 Å². The summed E-state index contributed by atoms with van der Waals surface area (Å²) in [6.45, 7) is 6.72. The molecule has 0 N–H and O–H groups in total. The molecule has 0 bridgehead atoms. The average molecular weight is 693 g/mol. The van der Waals surface area contributed by atoms with E-state index >= 15 is 0 Å². The fourth-order valence-corrected chi connectivity index (χ4v) is 7.48. The van der Waals surface area contributed by atoms with E-state index in [1.807, 2.05) is 12.1 Å². The van der Waals surface area contributed by atoms with Crippen molar-refractivity contribution in [3.63, 3.8) is 0 Å². The number of allylic oxidation sites excluding steroid dienone is 2. The Labute approximate surface area is 314 Å². The van der Waals surface area contributed by atoms with Gasteiger partial charge in [-0.15, -0.1) is 0 Å². The zero-order valence-electron chi connectivity index (χ0n) is 29.7. The lowest BCUT2D eigenvalue weighted by Crippen LogP contribution is -2.01. The smallest absolute Gasteiger partial charge is 0.162 e. The molecule has 0 spiro atoms. The molecule has 0 amide bonds. The first-order valence-electron chi connectivity index (χ1n) is 18.1. The summed E-state index contributed by atoms with van der Waals surface area (Å²) < 4.78 is 4.78. The SMILES string of the molecule is C=CC=C.c1ccc(-c2cc(-c3ccccc3)nc(-c3ccccc3-n3c4ccccc4c4cc5c6ccccc6n(-c6ccccc6)c5cc43)n2)cc1. The Morgan fingerprint density at radius 1 is 0.389 bits per heavy atom. The highest BCUT2D eigenvalue weighted by atomic mass is 15.0. The van der Waals surface area contributed by atoms with Crippen molar-refractivity contribution < 1.29 is 0 Å². The van der Waals surface area contributed by atoms with Crippen molar-refractivity contribution in [3.8, 4) is 45.3 Å². The van der Waals surface area contributed by atoms with Gasteiger partial charge in [-0.1, -0.05) is 153 Å². The summed E-state index contributed by atoms with van der Waals surface area (Å²) >= 11 is 0. The molecular formula is C50H36N4. The van der Waals surface area contributed by atoms with Crippen molar-refractivity contribution in [3.05, 3.63) is 207 Å². The third kappa shape index (κ3) is 5.67. The van der Waals surface area contributed by atoms with E-state index in [0.29, 0.717) is 5.82 Å². The quantitative estimate of drug-likeness (QED) is 0.163. The van der Waals surface area contributed by atoms with Gasteiger partial charge >= 0.3 is 0 Å². The van der Waals surface area contributed by atoms with Crippen LogP contribution in [0.15, 0.2) is 207 Å². The van der Waals surface area contributed by atoms with Gasteiger partial charge in [-0.05, 0) is 54.6 Å². The Hall–Kier alpha value is -7.30. The molecule has 0 saturated carbocycles. The lowest BCUT2D eigenvalue weighted by atomic mass is 10.1. The number of para-hydroxylation sites is 4. The van der Waals surface area contributed by atoms with Gasteiger partial charge in [-0.3, -0.25) is 0 Å². The Morgan fingerprint density at radius 3 is 1.43 bits per heavy atom. The van der Waals surface area contributed by atoms with Crippen molar-refractivity contribution in [1.29, 1.82) is 0 Å². The van der Waals surface area contributed by atoms with E-state index in [1.54, 1.807) is 12.2 Å². The number of hydrogen-bond donors (Lipinski definition) is 0. The molecule has 54 heavy (non-hydrogen) atoms. The molecule has 0 aliphatic carbocycles. The van der Waals surface area contributed by atoms with E-state index in [0.717, 1.165) is 50.5 Å². The minimum absolute atomic E-state index is 0.686. The monoisotopic (exact) mass is 692 g/mol. The van der Waals surface area contributed by atoms with Crippen LogP contribution in [0, 0.1) is 0 Å². The average Bonchev–Trinajstić information content (AvgIpc) is 3.75. The largest absolute Gasteiger partial charge is 0.309 e. The summed E-state index contributed by atoms with van der Waals surface area (Å²) in [7, 11) is 0. The van der Waals surface area contributed by atoms with Crippen LogP contribution in [-0.2, 0) is 0 Å². The molecule has 0 aliphatic rings. The predicted octanol–water partition coefficient (Wildman–Crippen LogP) is 13.0. The summed E-state index contributed by atoms with van der Waals surface area (Å²) in [6, 6.07) is 64.2. The van der Waals surface area contributed by atoms with Gasteiger partial charge in [0.05, 0.1) is 39.1 Å². The summed E-state index contributed by atoms with van der Waals surface area (Å²) in [5, 5.41) is 4.90. The molecule has 0 unspecified atom stereocenters. The Kier molecular flexibility index (Phi) is 8.46. The summed E-state index contributed by atoms with van der Waals surface area (Å²) in [4.78, 5) is 10.5. The fraction of sp³-hybridized carbons (Fsp3) is 0. The second kappa shape index (κ2) is 14.0. The van der Waals surface area contributed by atoms with Crippen LogP contribution < -0.4 is 0 Å². The Morgan fingerprint density at radius 2 is 0.852 bits per heavy atom. The van der Waals surface area contributed by atoms with Crippen molar-refractivity contribution >= 4 is 43.6 Å². The maximum Gasteiger partial charge on any atom is 0.162 e. The molecule has 3 aromatic heterocycles. The van der Waals surface area contributed by atoms with Crippen LogP contribution >= 0.6 is 0 Å². The number of rotatable bonds is 6. The maximum absolute atomic E-state index is 5.23. The first-order chi connectivity index (χ1) is 26.7. The molecule has 7 aromatic carbocycles. The normalized spacial score (nSPS) is 11.1. The van der Waals surface area contributed by atoms with Gasteiger partial charge in [0.1, 0.15) is 0 Å². The molecule has 3 heterocycles. The van der Waals surface area contributed by atoms with Crippen LogP contribution in [0.3, 0.4) is 0 Å². The first kappa shape index (κ1) is 32.6. The molecule has 10 rings (SSSR count). The maximum atomic E-state index is 5.23. The zero-order chi connectivity index (χ0) is 36.4. The molecule has 0 fully saturated rings. The van der Waals surface area contributed by atoms with Gasteiger partial charge < -0.3 is 9.13 Å². The lowest BCUT2D eigenvalue weighted by molar-refractivity contribution is 1.14. The van der Waals surface area contributed by atoms with Crippen molar-refractivity contribution in [2.24, 2.45) is 0 Å². The van der Waals surface area contributed by atoms with Crippen LogP contribution in [0.1, 0.15) is 0 Å². The van der Waals surface area contributed by atoms with Gasteiger partial charge in [0, 0.05) is 43.9 Å². The van der Waals surface area contributed by atoms with Gasteiger partial charge in [0.25, 0.3) is 0 Å². The van der Waals surface area contributed by atoms with E-state index in [2.05, 4.69) is 192 Å². The number of benzene rings is 7. The predicted molar refractivity (Wildman–Crippen MR) is 227 cm³/mol. The van der Waals surface area contributed by atoms with Crippen LogP contribution in [0.25, 0.3) is 88.9 Å². The summed E-state index contributed by atoms with van der Waals surface area (Å²) in [5.41, 5.74) is 11.7. The Bertz CT molecular complexity index is 2890. The minimum Gasteiger partial charge on any atom is -0.309 e. The van der Waals surface area contributed by atoms with Gasteiger partial charge in [-0.25, -0.2) is 9.97 Å². The molecule has 0 radical (unpaired) electrons. The van der Waals surface area contributed by atoms with Crippen LogP contribution in [0.4, 0.5) is 0 Å². The number of fused-ring (bicyclic) bond motifs is 6. The Balaban J connectivity index is 0.000000918. The highest BCUT2D eigenvalue weighted by molar-refractivity contribution is 6.19. The third-order valence-electron chi connectivity index (χ3n) is 9.90. The van der Waals surface area contributed by atoms with Gasteiger partial charge in [0.15, 0.2) is 5.82 Å².